The summed E-state index contributed by atoms with van der Waals surface area (Å²) in [5.74, 6) is 0.310. The van der Waals surface area contributed by atoms with Crippen LogP contribution in [0.5, 0.6) is 11.5 Å². The average Bonchev–Trinajstić information content (AvgIpc) is 2.93. The molecule has 3 aromatic rings. The van der Waals surface area contributed by atoms with Gasteiger partial charge in [0.15, 0.2) is 0 Å². The number of nitrogens with zero attached hydrogens (tertiary/aromatic N) is 2. The molecule has 0 fully saturated rings. The zero-order valence-corrected chi connectivity index (χ0v) is 23.5. The maximum atomic E-state index is 14.0. The Morgan fingerprint density at radius 3 is 2.10 bits per heavy atom. The molecule has 3 rings (SSSR count). The fraction of sp³-hybridized carbons (Fsp3) is 0.310. The van der Waals surface area contributed by atoms with Crippen LogP contribution in [0.2, 0.25) is 0 Å². The molecule has 0 radical (unpaired) electrons. The first-order valence-electron chi connectivity index (χ1n) is 12.5. The van der Waals surface area contributed by atoms with E-state index in [0.29, 0.717) is 23.7 Å². The number of hydrogen-bond acceptors (Lipinski definition) is 6. The van der Waals surface area contributed by atoms with Gasteiger partial charge in [-0.2, -0.15) is 0 Å². The lowest BCUT2D eigenvalue weighted by atomic mass is 10.0. The van der Waals surface area contributed by atoms with Gasteiger partial charge in [0.25, 0.3) is 0 Å². The fourth-order valence-electron chi connectivity index (χ4n) is 4.18. The van der Waals surface area contributed by atoms with Crippen LogP contribution in [-0.4, -0.2) is 64.7 Å². The van der Waals surface area contributed by atoms with Gasteiger partial charge in [0, 0.05) is 19.5 Å². The van der Waals surface area contributed by atoms with Crippen LogP contribution in [0.4, 0.5) is 5.69 Å². The molecule has 9 nitrogen and oxygen atoms in total. The highest BCUT2D eigenvalue weighted by Crippen LogP contribution is 2.23. The SMILES string of the molecule is CCNC(=O)C(Cc1ccccc1)N(Cc1cccc(OC)c1)C(=O)CN(c1ccc(OC)cc1)S(C)(=O)=O. The quantitative estimate of drug-likeness (QED) is 0.349. The second-order valence-corrected chi connectivity index (χ2v) is 10.8. The minimum absolute atomic E-state index is 0.0743. The summed E-state index contributed by atoms with van der Waals surface area (Å²) in [4.78, 5) is 28.8. The number of sulfonamides is 1. The van der Waals surface area contributed by atoms with Crippen molar-refractivity contribution in [1.82, 2.24) is 10.2 Å². The number of benzene rings is 3. The molecule has 1 atom stereocenters. The summed E-state index contributed by atoms with van der Waals surface area (Å²) in [7, 11) is -0.779. The largest absolute Gasteiger partial charge is 0.497 e. The van der Waals surface area contributed by atoms with Gasteiger partial charge in [-0.05, 0) is 54.4 Å². The van der Waals surface area contributed by atoms with Crippen molar-refractivity contribution in [3.8, 4) is 11.5 Å². The number of hydrogen-bond donors (Lipinski definition) is 1. The minimum atomic E-state index is -3.84. The normalized spacial score (nSPS) is 11.8. The van der Waals surface area contributed by atoms with E-state index in [9.17, 15) is 18.0 Å². The minimum Gasteiger partial charge on any atom is -0.497 e. The van der Waals surface area contributed by atoms with Crippen LogP contribution in [-0.2, 0) is 32.6 Å². The lowest BCUT2D eigenvalue weighted by molar-refractivity contribution is -0.140. The number of carbonyl (C=O) groups excluding carboxylic acids is 2. The van der Waals surface area contributed by atoms with Crippen molar-refractivity contribution in [2.24, 2.45) is 0 Å². The number of carbonyl (C=O) groups is 2. The monoisotopic (exact) mass is 553 g/mol. The molecule has 0 aliphatic rings. The van der Waals surface area contributed by atoms with Crippen LogP contribution in [0.15, 0.2) is 78.9 Å². The maximum absolute atomic E-state index is 14.0. The Kier molecular flexibility index (Phi) is 10.3. The molecule has 3 aromatic carbocycles. The lowest BCUT2D eigenvalue weighted by Gasteiger charge is -2.33. The zero-order valence-electron chi connectivity index (χ0n) is 22.7. The Bertz CT molecular complexity index is 1350. The van der Waals surface area contributed by atoms with Crippen LogP contribution in [0.25, 0.3) is 0 Å². The fourth-order valence-corrected chi connectivity index (χ4v) is 5.03. The van der Waals surface area contributed by atoms with Crippen LogP contribution >= 0.6 is 0 Å². The Labute approximate surface area is 230 Å². The molecular formula is C29H35N3O6S. The maximum Gasteiger partial charge on any atom is 0.244 e. The van der Waals surface area contributed by atoms with Crippen LogP contribution < -0.4 is 19.1 Å². The number of ether oxygens (including phenoxy) is 2. The Morgan fingerprint density at radius 1 is 0.872 bits per heavy atom. The average molecular weight is 554 g/mol. The summed E-state index contributed by atoms with van der Waals surface area (Å²) in [5.41, 5.74) is 1.92. The van der Waals surface area contributed by atoms with E-state index in [1.54, 1.807) is 56.5 Å². The molecule has 1 N–H and O–H groups in total. The van der Waals surface area contributed by atoms with Gasteiger partial charge in [0.05, 0.1) is 26.2 Å². The Hall–Kier alpha value is -4.05. The molecule has 10 heteroatoms. The number of amides is 2. The van der Waals surface area contributed by atoms with E-state index in [1.807, 2.05) is 36.4 Å². The van der Waals surface area contributed by atoms with Crippen molar-refractivity contribution in [3.63, 3.8) is 0 Å². The lowest BCUT2D eigenvalue weighted by Crippen LogP contribution is -2.53. The first-order chi connectivity index (χ1) is 18.7. The standard InChI is InChI=1S/C29H35N3O6S/c1-5-30-29(34)27(19-22-10-7-6-8-11-22)31(20-23-12-9-13-26(18-23)38-3)28(33)21-32(39(4,35)36)24-14-16-25(37-2)17-15-24/h6-18,27H,5,19-21H2,1-4H3,(H,30,34). The number of nitrogens with one attached hydrogen (secondary N) is 1. The van der Waals surface area contributed by atoms with Gasteiger partial charge in [0.2, 0.25) is 21.8 Å². The molecule has 0 heterocycles. The molecule has 1 unspecified atom stereocenters. The molecule has 0 aliphatic heterocycles. The van der Waals surface area contributed by atoms with Crippen LogP contribution in [0, 0.1) is 0 Å². The molecule has 0 bridgehead atoms. The van der Waals surface area contributed by atoms with Crippen LogP contribution in [0.1, 0.15) is 18.1 Å². The third-order valence-electron chi connectivity index (χ3n) is 6.15. The molecule has 0 aliphatic carbocycles. The predicted molar refractivity (Wildman–Crippen MR) is 151 cm³/mol. The molecule has 2 amide bonds. The Morgan fingerprint density at radius 2 is 1.51 bits per heavy atom. The Balaban J connectivity index is 2.04. The van der Waals surface area contributed by atoms with E-state index >= 15 is 0 Å². The summed E-state index contributed by atoms with van der Waals surface area (Å²) in [6.45, 7) is 1.78. The molecule has 39 heavy (non-hydrogen) atoms. The molecule has 0 spiro atoms. The molecule has 208 valence electrons. The van der Waals surface area contributed by atoms with Crippen molar-refractivity contribution < 1.29 is 27.5 Å². The number of anilines is 1. The van der Waals surface area contributed by atoms with Crippen LogP contribution in [0.3, 0.4) is 0 Å². The van der Waals surface area contributed by atoms with Gasteiger partial charge in [-0.15, -0.1) is 0 Å². The number of likely N-dealkylation sites (N-methyl/N-ethyl adjacent to an activating group) is 1. The van der Waals surface area contributed by atoms with E-state index in [4.69, 9.17) is 9.47 Å². The highest BCUT2D eigenvalue weighted by atomic mass is 32.2. The molecule has 0 saturated heterocycles. The summed E-state index contributed by atoms with van der Waals surface area (Å²) in [5, 5.41) is 2.83. The molecule has 0 aromatic heterocycles. The summed E-state index contributed by atoms with van der Waals surface area (Å²) < 4.78 is 37.2. The first kappa shape index (κ1) is 29.5. The highest BCUT2D eigenvalue weighted by Gasteiger charge is 2.32. The van der Waals surface area contributed by atoms with Gasteiger partial charge in [-0.3, -0.25) is 13.9 Å². The van der Waals surface area contributed by atoms with Crippen molar-refractivity contribution in [2.75, 3.05) is 37.9 Å². The van der Waals surface area contributed by atoms with Crippen molar-refractivity contribution >= 4 is 27.5 Å². The second kappa shape index (κ2) is 13.7. The van der Waals surface area contributed by atoms with E-state index in [-0.39, 0.29) is 18.9 Å². The van der Waals surface area contributed by atoms with Gasteiger partial charge < -0.3 is 19.7 Å². The van der Waals surface area contributed by atoms with Crippen molar-refractivity contribution in [3.05, 3.63) is 90.0 Å². The smallest absolute Gasteiger partial charge is 0.244 e. The second-order valence-electron chi connectivity index (χ2n) is 8.94. The van der Waals surface area contributed by atoms with Crippen molar-refractivity contribution in [2.45, 2.75) is 25.9 Å². The summed E-state index contributed by atoms with van der Waals surface area (Å²) in [6, 6.07) is 22.1. The third-order valence-corrected chi connectivity index (χ3v) is 7.29. The predicted octanol–water partition coefficient (Wildman–Crippen LogP) is 3.25. The van der Waals surface area contributed by atoms with Gasteiger partial charge >= 0.3 is 0 Å². The molecular weight excluding hydrogens is 518 g/mol. The third kappa shape index (κ3) is 8.22. The van der Waals surface area contributed by atoms with Gasteiger partial charge in [0.1, 0.15) is 24.1 Å². The van der Waals surface area contributed by atoms with E-state index in [0.717, 1.165) is 21.7 Å². The van der Waals surface area contributed by atoms with Crippen molar-refractivity contribution in [1.29, 1.82) is 0 Å². The highest BCUT2D eigenvalue weighted by molar-refractivity contribution is 7.92. The number of methoxy groups -OCH3 is 2. The number of rotatable bonds is 13. The summed E-state index contributed by atoms with van der Waals surface area (Å²) >= 11 is 0. The first-order valence-corrected chi connectivity index (χ1v) is 14.4. The van der Waals surface area contributed by atoms with Gasteiger partial charge in [-0.1, -0.05) is 42.5 Å². The topological polar surface area (TPSA) is 105 Å². The molecule has 0 saturated carbocycles. The zero-order chi connectivity index (χ0) is 28.4. The van der Waals surface area contributed by atoms with E-state index in [2.05, 4.69) is 5.32 Å². The summed E-state index contributed by atoms with van der Waals surface area (Å²) in [6.07, 6.45) is 1.30. The van der Waals surface area contributed by atoms with E-state index < -0.39 is 28.5 Å². The van der Waals surface area contributed by atoms with E-state index in [1.165, 1.54) is 12.0 Å². The van der Waals surface area contributed by atoms with Gasteiger partial charge in [-0.25, -0.2) is 8.42 Å².